The number of nitrogens with zero attached hydrogens (tertiary/aromatic N) is 3. The fourth-order valence-electron chi connectivity index (χ4n) is 3.14. The Morgan fingerprint density at radius 3 is 2.50 bits per heavy atom. The molecule has 0 bridgehead atoms. The van der Waals surface area contributed by atoms with Crippen LogP contribution in [0.1, 0.15) is 46.5 Å². The van der Waals surface area contributed by atoms with Crippen molar-refractivity contribution >= 4 is 5.97 Å². The summed E-state index contributed by atoms with van der Waals surface area (Å²) < 4.78 is 1.62. The summed E-state index contributed by atoms with van der Waals surface area (Å²) in [6.07, 6.45) is 11.3. The highest BCUT2D eigenvalue weighted by Crippen LogP contribution is 2.30. The van der Waals surface area contributed by atoms with Crippen molar-refractivity contribution in [3.05, 3.63) is 41.8 Å². The number of allylic oxidation sites excluding steroid dienone is 3. The van der Waals surface area contributed by atoms with Crippen LogP contribution in [0.5, 0.6) is 0 Å². The molecule has 0 spiro atoms. The summed E-state index contributed by atoms with van der Waals surface area (Å²) in [5.41, 5.74) is 1.87. The van der Waals surface area contributed by atoms with Crippen molar-refractivity contribution < 1.29 is 9.90 Å². The van der Waals surface area contributed by atoms with Gasteiger partial charge in [-0.25, -0.2) is 4.79 Å². The van der Waals surface area contributed by atoms with Crippen LogP contribution >= 0.6 is 0 Å². The van der Waals surface area contributed by atoms with E-state index < -0.39 is 11.5 Å². The van der Waals surface area contributed by atoms with Crippen molar-refractivity contribution in [3.8, 4) is 0 Å². The zero-order valence-electron chi connectivity index (χ0n) is 15.0. The Bertz CT molecular complexity index is 590. The van der Waals surface area contributed by atoms with Crippen LogP contribution in [0.3, 0.4) is 0 Å². The van der Waals surface area contributed by atoms with E-state index in [0.29, 0.717) is 12.8 Å². The van der Waals surface area contributed by atoms with Gasteiger partial charge in [0.2, 0.25) is 0 Å². The monoisotopic (exact) mass is 331 g/mol. The molecule has 0 unspecified atom stereocenters. The SMILES string of the molecule is CC(C)=CCC/C(C)=C/CN1CCC(C(=O)O)(n2cccn2)CC1. The quantitative estimate of drug-likeness (QED) is 0.778. The van der Waals surface area contributed by atoms with Gasteiger partial charge < -0.3 is 5.11 Å². The van der Waals surface area contributed by atoms with E-state index in [1.54, 1.807) is 23.1 Å². The Kier molecular flexibility index (Phi) is 6.37. The zero-order valence-corrected chi connectivity index (χ0v) is 15.0. The number of likely N-dealkylation sites (tertiary alicyclic amines) is 1. The van der Waals surface area contributed by atoms with Crippen molar-refractivity contribution in [3.63, 3.8) is 0 Å². The normalized spacial score (nSPS) is 18.4. The summed E-state index contributed by atoms with van der Waals surface area (Å²) in [6.45, 7) is 8.89. The van der Waals surface area contributed by atoms with Gasteiger partial charge >= 0.3 is 5.97 Å². The molecular weight excluding hydrogens is 302 g/mol. The standard InChI is InChI=1S/C19H29N3O2/c1-16(2)6-4-7-17(3)8-13-21-14-9-19(10-15-21,18(23)24)22-12-5-11-20-22/h5-6,8,11-12H,4,7,9-10,13-15H2,1-3H3,(H,23,24)/b17-8+. The Balaban J connectivity index is 1.88. The highest BCUT2D eigenvalue weighted by molar-refractivity contribution is 5.76. The molecule has 2 heterocycles. The molecule has 0 amide bonds. The first-order valence-electron chi connectivity index (χ1n) is 8.69. The number of carbonyl (C=O) groups is 1. The van der Waals surface area contributed by atoms with E-state index >= 15 is 0 Å². The summed E-state index contributed by atoms with van der Waals surface area (Å²) in [7, 11) is 0. The summed E-state index contributed by atoms with van der Waals surface area (Å²) in [5.74, 6) is -0.778. The van der Waals surface area contributed by atoms with Crippen LogP contribution in [0.2, 0.25) is 0 Å². The van der Waals surface area contributed by atoms with E-state index in [2.05, 4.69) is 42.9 Å². The van der Waals surface area contributed by atoms with Crippen LogP contribution in [0, 0.1) is 0 Å². The second-order valence-corrected chi connectivity index (χ2v) is 6.96. The van der Waals surface area contributed by atoms with Crippen LogP contribution in [-0.4, -0.2) is 45.4 Å². The Hall–Kier alpha value is -1.88. The molecule has 0 radical (unpaired) electrons. The van der Waals surface area contributed by atoms with Gasteiger partial charge in [0.1, 0.15) is 0 Å². The van der Waals surface area contributed by atoms with Crippen LogP contribution in [0.4, 0.5) is 0 Å². The minimum absolute atomic E-state index is 0.592. The van der Waals surface area contributed by atoms with Crippen LogP contribution in [-0.2, 0) is 10.3 Å². The maximum atomic E-state index is 11.8. The minimum Gasteiger partial charge on any atom is -0.479 e. The van der Waals surface area contributed by atoms with Gasteiger partial charge in [-0.2, -0.15) is 5.10 Å². The van der Waals surface area contributed by atoms with Crippen molar-refractivity contribution in [2.45, 2.75) is 52.0 Å². The van der Waals surface area contributed by atoms with Crippen molar-refractivity contribution in [1.82, 2.24) is 14.7 Å². The Morgan fingerprint density at radius 1 is 1.25 bits per heavy atom. The van der Waals surface area contributed by atoms with Gasteiger partial charge in [-0.1, -0.05) is 23.3 Å². The molecule has 0 aliphatic carbocycles. The third-order valence-electron chi connectivity index (χ3n) is 4.81. The molecule has 1 saturated heterocycles. The topological polar surface area (TPSA) is 58.4 Å². The third kappa shape index (κ3) is 4.57. The van der Waals surface area contributed by atoms with Gasteiger partial charge in [0.25, 0.3) is 0 Å². The predicted molar refractivity (Wildman–Crippen MR) is 95.9 cm³/mol. The Morgan fingerprint density at radius 2 is 1.96 bits per heavy atom. The summed E-state index contributed by atoms with van der Waals surface area (Å²) in [4.78, 5) is 14.2. The van der Waals surface area contributed by atoms with Gasteiger partial charge in [-0.15, -0.1) is 0 Å². The van der Waals surface area contributed by atoms with E-state index in [9.17, 15) is 9.90 Å². The van der Waals surface area contributed by atoms with Crippen LogP contribution in [0.25, 0.3) is 0 Å². The van der Waals surface area contributed by atoms with Crippen molar-refractivity contribution in [2.24, 2.45) is 0 Å². The average Bonchev–Trinajstić information content (AvgIpc) is 3.07. The molecule has 24 heavy (non-hydrogen) atoms. The molecule has 0 saturated carbocycles. The largest absolute Gasteiger partial charge is 0.479 e. The van der Waals surface area contributed by atoms with E-state index in [1.165, 1.54) is 11.1 Å². The summed E-state index contributed by atoms with van der Waals surface area (Å²) >= 11 is 0. The summed E-state index contributed by atoms with van der Waals surface area (Å²) in [5, 5.41) is 13.9. The number of piperidine rings is 1. The molecule has 0 aromatic carbocycles. The van der Waals surface area contributed by atoms with E-state index in [1.807, 2.05) is 0 Å². The molecule has 0 atom stereocenters. The second-order valence-electron chi connectivity index (χ2n) is 6.96. The molecule has 2 rings (SSSR count). The molecule has 1 aliphatic heterocycles. The molecule has 5 nitrogen and oxygen atoms in total. The maximum absolute atomic E-state index is 11.8. The first kappa shape index (κ1) is 18.5. The summed E-state index contributed by atoms with van der Waals surface area (Å²) in [6, 6.07) is 1.79. The predicted octanol–water partition coefficient (Wildman–Crippen LogP) is 3.45. The molecule has 1 fully saturated rings. The molecular formula is C19H29N3O2. The van der Waals surface area contributed by atoms with Gasteiger partial charge in [0, 0.05) is 32.0 Å². The first-order chi connectivity index (χ1) is 11.4. The van der Waals surface area contributed by atoms with Crippen molar-refractivity contribution in [2.75, 3.05) is 19.6 Å². The third-order valence-corrected chi connectivity index (χ3v) is 4.81. The lowest BCUT2D eigenvalue weighted by molar-refractivity contribution is -0.151. The first-order valence-corrected chi connectivity index (χ1v) is 8.69. The Labute approximate surface area is 144 Å². The smallest absolute Gasteiger partial charge is 0.331 e. The lowest BCUT2D eigenvalue weighted by Crippen LogP contribution is -2.51. The van der Waals surface area contributed by atoms with E-state index in [0.717, 1.165) is 32.5 Å². The number of rotatable bonds is 7. The van der Waals surface area contributed by atoms with Gasteiger partial charge in [-0.05, 0) is 52.5 Å². The number of hydrogen-bond acceptors (Lipinski definition) is 3. The highest BCUT2D eigenvalue weighted by atomic mass is 16.4. The molecule has 1 aromatic rings. The number of aliphatic carboxylic acids is 1. The molecule has 1 aromatic heterocycles. The fourth-order valence-corrected chi connectivity index (χ4v) is 3.14. The minimum atomic E-state index is -0.887. The molecule has 132 valence electrons. The number of carboxylic acids is 1. The lowest BCUT2D eigenvalue weighted by atomic mass is 9.87. The average molecular weight is 331 g/mol. The van der Waals surface area contributed by atoms with Crippen LogP contribution < -0.4 is 0 Å². The highest BCUT2D eigenvalue weighted by Gasteiger charge is 2.43. The van der Waals surface area contributed by atoms with Gasteiger partial charge in [0.15, 0.2) is 5.54 Å². The maximum Gasteiger partial charge on any atom is 0.331 e. The fraction of sp³-hybridized carbons (Fsp3) is 0.579. The van der Waals surface area contributed by atoms with E-state index in [-0.39, 0.29) is 0 Å². The second kappa shape index (κ2) is 8.29. The molecule has 1 aliphatic rings. The molecule has 5 heteroatoms. The number of hydrogen-bond donors (Lipinski definition) is 1. The van der Waals surface area contributed by atoms with E-state index in [4.69, 9.17) is 0 Å². The van der Waals surface area contributed by atoms with Gasteiger partial charge in [0.05, 0.1) is 0 Å². The molecule has 1 N–H and O–H groups in total. The number of carboxylic acid groups (broad SMARTS) is 1. The van der Waals surface area contributed by atoms with Gasteiger partial charge in [-0.3, -0.25) is 9.58 Å². The zero-order chi connectivity index (χ0) is 17.6. The number of aromatic nitrogens is 2. The van der Waals surface area contributed by atoms with Crippen molar-refractivity contribution in [1.29, 1.82) is 0 Å². The van der Waals surface area contributed by atoms with Crippen LogP contribution in [0.15, 0.2) is 41.8 Å². The lowest BCUT2D eigenvalue weighted by Gasteiger charge is -2.38.